The molecular weight excluding hydrogens is 500 g/mol. The Hall–Kier alpha value is -2.97. The minimum Gasteiger partial charge on any atom is -0.458 e. The monoisotopic (exact) mass is 540 g/mol. The largest absolute Gasteiger partial charge is 0.458 e. The van der Waals surface area contributed by atoms with Crippen molar-refractivity contribution >= 4 is 29.3 Å². The number of fused-ring (bicyclic) bond motifs is 3. The second kappa shape index (κ2) is 11.8. The van der Waals surface area contributed by atoms with Crippen molar-refractivity contribution in [2.24, 2.45) is 0 Å². The van der Waals surface area contributed by atoms with E-state index >= 15 is 0 Å². The zero-order valence-electron chi connectivity index (χ0n) is 23.6. The molecule has 0 spiro atoms. The van der Waals surface area contributed by atoms with Crippen LogP contribution >= 0.6 is 12.2 Å². The molecular formula is C30H40N2O5S. The van der Waals surface area contributed by atoms with Crippen LogP contribution < -0.4 is 10.6 Å². The molecule has 2 N–H and O–H groups in total. The fourth-order valence-corrected chi connectivity index (χ4v) is 4.97. The number of esters is 1. The molecule has 1 aliphatic rings. The van der Waals surface area contributed by atoms with Crippen LogP contribution in [0.25, 0.3) is 11.1 Å². The Morgan fingerprint density at radius 2 is 1.39 bits per heavy atom. The van der Waals surface area contributed by atoms with Gasteiger partial charge in [0.25, 0.3) is 0 Å². The highest BCUT2D eigenvalue weighted by Crippen LogP contribution is 2.44. The number of thiocarbonyl (C=S) groups is 1. The van der Waals surface area contributed by atoms with Crippen molar-refractivity contribution in [1.29, 1.82) is 0 Å². The van der Waals surface area contributed by atoms with Gasteiger partial charge in [-0.3, -0.25) is 0 Å². The zero-order valence-corrected chi connectivity index (χ0v) is 24.4. The molecule has 0 bridgehead atoms. The van der Waals surface area contributed by atoms with E-state index in [2.05, 4.69) is 34.9 Å². The highest BCUT2D eigenvalue weighted by Gasteiger charge is 2.33. The average Bonchev–Trinajstić information content (AvgIpc) is 3.12. The fraction of sp³-hybridized carbons (Fsp3) is 0.500. The summed E-state index contributed by atoms with van der Waals surface area (Å²) in [6.07, 6.45) is -1.11. The number of carbonyl (C=O) groups is 2. The summed E-state index contributed by atoms with van der Waals surface area (Å²) in [5.74, 6) is -0.503. The highest BCUT2D eigenvalue weighted by molar-refractivity contribution is 7.80. The Kier molecular flexibility index (Phi) is 9.21. The van der Waals surface area contributed by atoms with Gasteiger partial charge in [-0.25, -0.2) is 9.59 Å². The molecule has 0 heterocycles. The third-order valence-electron chi connectivity index (χ3n) is 6.03. The molecule has 206 valence electrons. The molecule has 0 saturated heterocycles. The van der Waals surface area contributed by atoms with Crippen molar-refractivity contribution in [2.45, 2.75) is 90.7 Å². The van der Waals surface area contributed by atoms with Crippen LogP contribution in [0, 0.1) is 0 Å². The van der Waals surface area contributed by atoms with Gasteiger partial charge in [0.2, 0.25) is 0 Å². The number of hydrogen-bond acceptors (Lipinski definition) is 6. The second-order valence-corrected chi connectivity index (χ2v) is 12.1. The van der Waals surface area contributed by atoms with Gasteiger partial charge in [0.05, 0.1) is 11.7 Å². The van der Waals surface area contributed by atoms with Crippen LogP contribution in [0.1, 0.15) is 72.4 Å². The number of amides is 1. The van der Waals surface area contributed by atoms with Gasteiger partial charge in [-0.2, -0.15) is 0 Å². The number of carbonyl (C=O) groups excluding carboxylic acids is 2. The van der Waals surface area contributed by atoms with E-state index in [0.717, 1.165) is 22.3 Å². The highest BCUT2D eigenvalue weighted by atomic mass is 32.1. The lowest BCUT2D eigenvalue weighted by Crippen LogP contribution is -2.56. The molecule has 0 aliphatic heterocycles. The van der Waals surface area contributed by atoms with Gasteiger partial charge in [0, 0.05) is 5.92 Å². The van der Waals surface area contributed by atoms with Gasteiger partial charge in [-0.05, 0) is 77.6 Å². The van der Waals surface area contributed by atoms with Crippen LogP contribution in [0.4, 0.5) is 4.79 Å². The molecule has 3 atom stereocenters. The summed E-state index contributed by atoms with van der Waals surface area (Å²) in [4.78, 5) is 25.8. The standard InChI is InChI=1S/C30H40N2O5S/c1-18(27(33)37-30(6,7)8)31-26(38)25(19(2)36-29(3,4)5)32-28(34)35-17-24-22-15-11-9-13-20(22)21-14-10-12-16-23(21)24/h9-16,18-19,24-25H,17H2,1-8H3,(H,31,38)(H,32,34)/t18-,19+,25-/m0/s1. The van der Waals surface area contributed by atoms with E-state index in [-0.39, 0.29) is 17.5 Å². The lowest BCUT2D eigenvalue weighted by molar-refractivity contribution is -0.156. The van der Waals surface area contributed by atoms with Gasteiger partial charge in [0.1, 0.15) is 29.3 Å². The summed E-state index contributed by atoms with van der Waals surface area (Å²) in [5, 5.41) is 5.87. The maximum atomic E-state index is 13.0. The van der Waals surface area contributed by atoms with Gasteiger partial charge >= 0.3 is 12.1 Å². The molecule has 0 saturated carbocycles. The SMILES string of the molecule is C[C@H](NC(=S)[C@@H](NC(=O)OCC1c2ccccc2-c2ccccc21)[C@@H](C)OC(C)(C)C)C(=O)OC(C)(C)C. The van der Waals surface area contributed by atoms with E-state index in [4.69, 9.17) is 26.4 Å². The van der Waals surface area contributed by atoms with E-state index in [9.17, 15) is 9.59 Å². The zero-order chi connectivity index (χ0) is 28.3. The Labute approximate surface area is 231 Å². The van der Waals surface area contributed by atoms with Gasteiger partial charge < -0.3 is 24.8 Å². The molecule has 8 heteroatoms. The molecule has 1 aliphatic carbocycles. The van der Waals surface area contributed by atoms with Crippen molar-refractivity contribution < 1.29 is 23.8 Å². The number of alkyl carbamates (subject to hydrolysis) is 1. The summed E-state index contributed by atoms with van der Waals surface area (Å²) < 4.78 is 17.3. The first-order chi connectivity index (χ1) is 17.7. The van der Waals surface area contributed by atoms with Gasteiger partial charge in [-0.15, -0.1) is 0 Å². The molecule has 1 amide bonds. The van der Waals surface area contributed by atoms with Crippen molar-refractivity contribution in [3.8, 4) is 11.1 Å². The minimum atomic E-state index is -0.732. The normalized spacial score (nSPS) is 15.5. The van der Waals surface area contributed by atoms with Crippen molar-refractivity contribution in [3.05, 3.63) is 59.7 Å². The number of benzene rings is 2. The first kappa shape index (κ1) is 29.6. The number of rotatable bonds is 8. The Balaban J connectivity index is 1.71. The summed E-state index contributed by atoms with van der Waals surface area (Å²) >= 11 is 5.62. The van der Waals surface area contributed by atoms with Crippen molar-refractivity contribution in [2.75, 3.05) is 6.61 Å². The van der Waals surface area contributed by atoms with E-state index in [0.29, 0.717) is 0 Å². The first-order valence-corrected chi connectivity index (χ1v) is 13.4. The summed E-state index contributed by atoms with van der Waals surface area (Å²) in [5.41, 5.74) is 3.47. The maximum absolute atomic E-state index is 13.0. The molecule has 7 nitrogen and oxygen atoms in total. The Bertz CT molecular complexity index is 1120. The lowest BCUT2D eigenvalue weighted by Gasteiger charge is -2.32. The molecule has 3 rings (SSSR count). The molecule has 0 fully saturated rings. The molecule has 38 heavy (non-hydrogen) atoms. The van der Waals surface area contributed by atoms with E-state index < -0.39 is 41.5 Å². The van der Waals surface area contributed by atoms with E-state index in [1.165, 1.54) is 0 Å². The molecule has 2 aromatic rings. The lowest BCUT2D eigenvalue weighted by atomic mass is 9.98. The fourth-order valence-electron chi connectivity index (χ4n) is 4.54. The molecule has 0 aromatic heterocycles. The smallest absolute Gasteiger partial charge is 0.407 e. The summed E-state index contributed by atoms with van der Waals surface area (Å²) in [6.45, 7) is 14.8. The van der Waals surface area contributed by atoms with Crippen LogP contribution in [-0.2, 0) is 19.0 Å². The summed E-state index contributed by atoms with van der Waals surface area (Å²) in [6, 6.07) is 14.9. The number of nitrogens with one attached hydrogen (secondary N) is 2. The quantitative estimate of drug-likeness (QED) is 0.326. The van der Waals surface area contributed by atoms with E-state index in [1.54, 1.807) is 27.7 Å². The third kappa shape index (κ3) is 7.77. The third-order valence-corrected chi connectivity index (χ3v) is 6.40. The van der Waals surface area contributed by atoms with Crippen LogP contribution in [0.15, 0.2) is 48.5 Å². The van der Waals surface area contributed by atoms with Crippen LogP contribution in [0.5, 0.6) is 0 Å². The average molecular weight is 541 g/mol. The first-order valence-electron chi connectivity index (χ1n) is 13.0. The summed E-state index contributed by atoms with van der Waals surface area (Å²) in [7, 11) is 0. The maximum Gasteiger partial charge on any atom is 0.407 e. The minimum absolute atomic E-state index is 0.0629. The van der Waals surface area contributed by atoms with Crippen molar-refractivity contribution in [3.63, 3.8) is 0 Å². The Morgan fingerprint density at radius 1 is 0.868 bits per heavy atom. The molecule has 0 unspecified atom stereocenters. The topological polar surface area (TPSA) is 85.9 Å². The number of ether oxygens (including phenoxy) is 3. The molecule has 2 aromatic carbocycles. The molecule has 0 radical (unpaired) electrons. The predicted molar refractivity (Wildman–Crippen MR) is 153 cm³/mol. The van der Waals surface area contributed by atoms with Crippen LogP contribution in [-0.4, -0.2) is 53.0 Å². The van der Waals surface area contributed by atoms with Crippen LogP contribution in [0.3, 0.4) is 0 Å². The van der Waals surface area contributed by atoms with Gasteiger partial charge in [-0.1, -0.05) is 60.7 Å². The van der Waals surface area contributed by atoms with Gasteiger partial charge in [0.15, 0.2) is 0 Å². The predicted octanol–water partition coefficient (Wildman–Crippen LogP) is 5.74. The van der Waals surface area contributed by atoms with Crippen molar-refractivity contribution in [1.82, 2.24) is 10.6 Å². The van der Waals surface area contributed by atoms with E-state index in [1.807, 2.05) is 52.0 Å². The Morgan fingerprint density at radius 3 is 1.89 bits per heavy atom. The van der Waals surface area contributed by atoms with Crippen LogP contribution in [0.2, 0.25) is 0 Å². The number of hydrogen-bond donors (Lipinski definition) is 2. The second-order valence-electron chi connectivity index (χ2n) is 11.6.